The molecule has 1 amide bonds. The highest BCUT2D eigenvalue weighted by molar-refractivity contribution is 5.94. The Morgan fingerprint density at radius 1 is 1.23 bits per heavy atom. The number of nitrogens with zero attached hydrogens (tertiary/aromatic N) is 3. The van der Waals surface area contributed by atoms with Gasteiger partial charge < -0.3 is 14.6 Å². The van der Waals surface area contributed by atoms with E-state index in [0.29, 0.717) is 42.8 Å². The maximum atomic E-state index is 12.9. The number of carbonyl (C=O) groups excluding carboxylic acids is 1. The van der Waals surface area contributed by atoms with Crippen LogP contribution in [0.25, 0.3) is 11.4 Å². The first-order chi connectivity index (χ1) is 15.1. The van der Waals surface area contributed by atoms with E-state index in [1.165, 1.54) is 0 Å². The van der Waals surface area contributed by atoms with Crippen molar-refractivity contribution < 1.29 is 14.1 Å². The van der Waals surface area contributed by atoms with E-state index < -0.39 is 0 Å². The molecule has 1 aliphatic rings. The van der Waals surface area contributed by atoms with Crippen LogP contribution in [0.3, 0.4) is 0 Å². The Balaban J connectivity index is 1.38. The van der Waals surface area contributed by atoms with Crippen molar-refractivity contribution >= 4 is 11.6 Å². The van der Waals surface area contributed by atoms with E-state index in [-0.39, 0.29) is 11.8 Å². The van der Waals surface area contributed by atoms with Crippen LogP contribution >= 0.6 is 0 Å². The molecule has 0 saturated carbocycles. The smallest absolute Gasteiger partial charge is 0.241 e. The predicted octanol–water partition coefficient (Wildman–Crippen LogP) is 4.29. The molecule has 1 unspecified atom stereocenters. The summed E-state index contributed by atoms with van der Waals surface area (Å²) in [5, 5.41) is 7.18. The fraction of sp³-hybridized carbons (Fsp3) is 0.375. The van der Waals surface area contributed by atoms with E-state index in [2.05, 4.69) is 20.4 Å². The van der Waals surface area contributed by atoms with Crippen LogP contribution in [0.2, 0.25) is 0 Å². The molecule has 7 nitrogen and oxygen atoms in total. The van der Waals surface area contributed by atoms with Crippen molar-refractivity contribution in [2.45, 2.75) is 33.2 Å². The molecule has 2 heterocycles. The van der Waals surface area contributed by atoms with Gasteiger partial charge in [0.15, 0.2) is 0 Å². The Morgan fingerprint density at radius 2 is 2.03 bits per heavy atom. The van der Waals surface area contributed by atoms with Crippen molar-refractivity contribution in [3.63, 3.8) is 0 Å². The summed E-state index contributed by atoms with van der Waals surface area (Å²) in [4.78, 5) is 19.7. The van der Waals surface area contributed by atoms with E-state index in [1.807, 2.05) is 62.4 Å². The fourth-order valence-corrected chi connectivity index (χ4v) is 3.94. The average molecular weight is 421 g/mol. The number of benzene rings is 2. The van der Waals surface area contributed by atoms with Crippen molar-refractivity contribution in [1.82, 2.24) is 15.0 Å². The number of aromatic nitrogens is 2. The molecule has 1 aliphatic heterocycles. The van der Waals surface area contributed by atoms with Crippen LogP contribution in [0.15, 0.2) is 53.1 Å². The van der Waals surface area contributed by atoms with E-state index in [1.54, 1.807) is 0 Å². The van der Waals surface area contributed by atoms with Crippen LogP contribution in [0, 0.1) is 12.8 Å². The lowest BCUT2D eigenvalue weighted by Gasteiger charge is -2.31. The van der Waals surface area contributed by atoms with Crippen LogP contribution in [-0.4, -0.2) is 40.6 Å². The average Bonchev–Trinajstić information content (AvgIpc) is 3.24. The van der Waals surface area contributed by atoms with Crippen molar-refractivity contribution in [2.75, 3.05) is 25.0 Å². The van der Waals surface area contributed by atoms with Crippen LogP contribution in [0.4, 0.5) is 5.69 Å². The number of anilines is 1. The molecular formula is C24H28N4O3. The number of rotatable bonds is 7. The molecular weight excluding hydrogens is 392 g/mol. The Hall–Kier alpha value is -3.19. The monoisotopic (exact) mass is 420 g/mol. The highest BCUT2D eigenvalue weighted by Crippen LogP contribution is 2.26. The van der Waals surface area contributed by atoms with Crippen molar-refractivity contribution in [3.05, 3.63) is 60.0 Å². The summed E-state index contributed by atoms with van der Waals surface area (Å²) in [5.74, 6) is 1.79. The van der Waals surface area contributed by atoms with Crippen molar-refractivity contribution in [2.24, 2.45) is 5.92 Å². The molecule has 1 aromatic heterocycles. The lowest BCUT2D eigenvalue weighted by Crippen LogP contribution is -2.40. The summed E-state index contributed by atoms with van der Waals surface area (Å²) in [5.41, 5.74) is 2.80. The lowest BCUT2D eigenvalue weighted by molar-refractivity contribution is -0.121. The third-order valence-electron chi connectivity index (χ3n) is 5.53. The Kier molecular flexibility index (Phi) is 6.62. The van der Waals surface area contributed by atoms with Gasteiger partial charge in [-0.1, -0.05) is 41.6 Å². The number of carbonyl (C=O) groups is 1. The van der Waals surface area contributed by atoms with Gasteiger partial charge in [-0.3, -0.25) is 9.69 Å². The van der Waals surface area contributed by atoms with Gasteiger partial charge in [0.1, 0.15) is 5.75 Å². The number of nitrogens with one attached hydrogen (secondary N) is 1. The van der Waals surface area contributed by atoms with Gasteiger partial charge in [0.25, 0.3) is 0 Å². The summed E-state index contributed by atoms with van der Waals surface area (Å²) in [6.45, 7) is 6.62. The molecule has 0 aliphatic carbocycles. The molecule has 1 atom stereocenters. The maximum absolute atomic E-state index is 12.9. The fourth-order valence-electron chi connectivity index (χ4n) is 3.94. The first-order valence-corrected chi connectivity index (χ1v) is 10.8. The first kappa shape index (κ1) is 21.1. The van der Waals surface area contributed by atoms with Crippen LogP contribution < -0.4 is 10.1 Å². The summed E-state index contributed by atoms with van der Waals surface area (Å²) in [7, 11) is 0. The number of amides is 1. The zero-order valence-electron chi connectivity index (χ0n) is 18.0. The zero-order valence-corrected chi connectivity index (χ0v) is 18.0. The molecule has 2 aromatic carbocycles. The van der Waals surface area contributed by atoms with Gasteiger partial charge in [-0.2, -0.15) is 4.98 Å². The molecule has 31 heavy (non-hydrogen) atoms. The van der Waals surface area contributed by atoms with Gasteiger partial charge in [-0.05, 0) is 50.9 Å². The molecule has 4 rings (SSSR count). The molecule has 0 radical (unpaired) electrons. The molecule has 1 saturated heterocycles. The lowest BCUT2D eigenvalue weighted by atomic mass is 9.97. The van der Waals surface area contributed by atoms with Gasteiger partial charge in [-0.15, -0.1) is 0 Å². The summed E-state index contributed by atoms with van der Waals surface area (Å²) in [6.07, 6.45) is 1.81. The molecule has 1 N–H and O–H groups in total. The first-order valence-electron chi connectivity index (χ1n) is 10.8. The number of hydrogen-bond acceptors (Lipinski definition) is 6. The quantitative estimate of drug-likeness (QED) is 0.614. The van der Waals surface area contributed by atoms with Crippen LogP contribution in [0.5, 0.6) is 5.75 Å². The largest absolute Gasteiger partial charge is 0.492 e. The summed E-state index contributed by atoms with van der Waals surface area (Å²) in [6, 6.07) is 15.5. The van der Waals surface area contributed by atoms with Gasteiger partial charge in [0, 0.05) is 12.1 Å². The van der Waals surface area contributed by atoms with Crippen molar-refractivity contribution in [1.29, 1.82) is 0 Å². The third-order valence-corrected chi connectivity index (χ3v) is 5.53. The second kappa shape index (κ2) is 9.75. The molecule has 3 aromatic rings. The minimum atomic E-state index is -0.0952. The Bertz CT molecular complexity index is 1030. The van der Waals surface area contributed by atoms with E-state index >= 15 is 0 Å². The molecule has 7 heteroatoms. The number of ether oxygens (including phenoxy) is 1. The number of aryl methyl sites for hydroxylation is 1. The summed E-state index contributed by atoms with van der Waals surface area (Å²) < 4.78 is 11.1. The van der Waals surface area contributed by atoms with Crippen LogP contribution in [-0.2, 0) is 11.3 Å². The van der Waals surface area contributed by atoms with Crippen LogP contribution in [0.1, 0.15) is 31.2 Å². The Morgan fingerprint density at radius 3 is 2.87 bits per heavy atom. The number of piperidine rings is 1. The maximum Gasteiger partial charge on any atom is 0.241 e. The van der Waals surface area contributed by atoms with Gasteiger partial charge in [0.2, 0.25) is 17.6 Å². The minimum absolute atomic E-state index is 0.0166. The van der Waals surface area contributed by atoms with Crippen molar-refractivity contribution in [3.8, 4) is 17.1 Å². The summed E-state index contributed by atoms with van der Waals surface area (Å²) >= 11 is 0. The van der Waals surface area contributed by atoms with E-state index in [0.717, 1.165) is 30.5 Å². The highest BCUT2D eigenvalue weighted by Gasteiger charge is 2.27. The third kappa shape index (κ3) is 5.11. The second-order valence-electron chi connectivity index (χ2n) is 7.82. The molecule has 0 spiro atoms. The standard InChI is InChI=1S/C24H28N4O3/c1-3-30-21-13-7-6-12-20(21)25-24(29)18-10-8-14-28(15-18)16-22-26-23(27-31-22)19-11-5-4-9-17(19)2/h4-7,9,11-13,18H,3,8,10,14-16H2,1-2H3,(H,25,29). The van der Waals surface area contributed by atoms with Gasteiger partial charge >= 0.3 is 0 Å². The normalized spacial score (nSPS) is 16.8. The van der Waals surface area contributed by atoms with Gasteiger partial charge in [-0.25, -0.2) is 0 Å². The number of para-hydroxylation sites is 2. The van der Waals surface area contributed by atoms with Gasteiger partial charge in [0.05, 0.1) is 24.8 Å². The van der Waals surface area contributed by atoms with E-state index in [4.69, 9.17) is 9.26 Å². The molecule has 162 valence electrons. The molecule has 0 bridgehead atoms. The number of hydrogen-bond donors (Lipinski definition) is 1. The zero-order chi connectivity index (χ0) is 21.6. The minimum Gasteiger partial charge on any atom is -0.492 e. The Labute approximate surface area is 182 Å². The highest BCUT2D eigenvalue weighted by atomic mass is 16.5. The SMILES string of the molecule is CCOc1ccccc1NC(=O)C1CCCN(Cc2nc(-c3ccccc3C)no2)C1. The predicted molar refractivity (Wildman–Crippen MR) is 119 cm³/mol. The topological polar surface area (TPSA) is 80.5 Å². The molecule has 1 fully saturated rings. The van der Waals surface area contributed by atoms with E-state index in [9.17, 15) is 4.79 Å². The number of likely N-dealkylation sites (tertiary alicyclic amines) is 1. The second-order valence-corrected chi connectivity index (χ2v) is 7.82.